The number of rotatable bonds is 4. The summed E-state index contributed by atoms with van der Waals surface area (Å²) in [6.07, 6.45) is 1.43. The highest BCUT2D eigenvalue weighted by atomic mass is 19.1. The summed E-state index contributed by atoms with van der Waals surface area (Å²) in [5, 5.41) is 11.6. The van der Waals surface area contributed by atoms with Crippen molar-refractivity contribution in [2.45, 2.75) is 12.7 Å². The van der Waals surface area contributed by atoms with Gasteiger partial charge in [0.15, 0.2) is 0 Å². The van der Waals surface area contributed by atoms with Crippen LogP contribution in [-0.2, 0) is 10.5 Å². The zero-order valence-electron chi connectivity index (χ0n) is 12.4. The maximum atomic E-state index is 13.2. The average molecular weight is 315 g/mol. The Labute approximate surface area is 132 Å². The molecule has 0 radical (unpaired) electrons. The molecule has 0 fully saturated rings. The molecule has 1 aliphatic rings. The van der Waals surface area contributed by atoms with Crippen molar-refractivity contribution in [3.8, 4) is 5.75 Å². The monoisotopic (exact) mass is 315 g/mol. The summed E-state index contributed by atoms with van der Waals surface area (Å²) in [4.78, 5) is 11.1. The molecule has 0 amide bonds. The fourth-order valence-corrected chi connectivity index (χ4v) is 2.58. The first kappa shape index (κ1) is 15.2. The second kappa shape index (κ2) is 5.81. The normalized spacial score (nSPS) is 19.5. The van der Waals surface area contributed by atoms with Crippen LogP contribution in [0.4, 0.5) is 4.39 Å². The molecule has 0 aromatic heterocycles. The minimum absolute atomic E-state index is 0.185. The van der Waals surface area contributed by atoms with E-state index >= 15 is 0 Å². The number of para-hydroxylation sites is 1. The molecule has 1 atom stereocenters. The van der Waals surface area contributed by atoms with Crippen LogP contribution in [0.25, 0.3) is 6.08 Å². The number of hydrogen-bond donors (Lipinski definition) is 0. The molecule has 0 saturated heterocycles. The number of nitro groups is 1. The number of benzene rings is 2. The molecule has 118 valence electrons. The Balaban J connectivity index is 2.22. The van der Waals surface area contributed by atoms with E-state index in [1.807, 2.05) is 0 Å². The van der Waals surface area contributed by atoms with Gasteiger partial charge >= 0.3 is 11.5 Å². The van der Waals surface area contributed by atoms with Gasteiger partial charge in [0.2, 0.25) is 0 Å². The summed E-state index contributed by atoms with van der Waals surface area (Å²) in [5.74, 6) is -1.68. The highest BCUT2D eigenvalue weighted by Crippen LogP contribution is 2.43. The molecular formula is C17H14FNO4. The average Bonchev–Trinajstić information content (AvgIpc) is 2.54. The first-order valence-electron chi connectivity index (χ1n) is 7.11. The summed E-state index contributed by atoms with van der Waals surface area (Å²) in [5.41, 5.74) is 0.708. The molecule has 5 nitrogen and oxygen atoms in total. The van der Waals surface area contributed by atoms with Crippen LogP contribution in [0.2, 0.25) is 0 Å². The van der Waals surface area contributed by atoms with E-state index in [1.165, 1.54) is 30.3 Å². The van der Waals surface area contributed by atoms with Crippen molar-refractivity contribution in [3.63, 3.8) is 0 Å². The van der Waals surface area contributed by atoms with E-state index in [2.05, 4.69) is 0 Å². The van der Waals surface area contributed by atoms with Gasteiger partial charge in [-0.1, -0.05) is 18.2 Å². The zero-order valence-corrected chi connectivity index (χ0v) is 12.4. The van der Waals surface area contributed by atoms with Gasteiger partial charge in [-0.2, -0.15) is 0 Å². The van der Waals surface area contributed by atoms with Crippen LogP contribution in [0.15, 0.2) is 54.2 Å². The molecule has 3 rings (SSSR count). The summed E-state index contributed by atoms with van der Waals surface area (Å²) < 4.78 is 24.8. The maximum Gasteiger partial charge on any atom is 0.330 e. The van der Waals surface area contributed by atoms with Gasteiger partial charge < -0.3 is 9.47 Å². The van der Waals surface area contributed by atoms with E-state index in [-0.39, 0.29) is 12.3 Å². The third-order valence-corrected chi connectivity index (χ3v) is 3.57. The van der Waals surface area contributed by atoms with Gasteiger partial charge in [0.1, 0.15) is 11.6 Å². The van der Waals surface area contributed by atoms with Crippen molar-refractivity contribution in [1.29, 1.82) is 0 Å². The molecule has 1 heterocycles. The summed E-state index contributed by atoms with van der Waals surface area (Å²) >= 11 is 0. The van der Waals surface area contributed by atoms with Crippen molar-refractivity contribution < 1.29 is 18.8 Å². The Kier molecular flexibility index (Phi) is 3.83. The predicted molar refractivity (Wildman–Crippen MR) is 81.7 cm³/mol. The summed E-state index contributed by atoms with van der Waals surface area (Å²) in [7, 11) is 0. The summed E-state index contributed by atoms with van der Waals surface area (Å²) in [6.45, 7) is 1.90. The minimum atomic E-state index is -1.71. The Morgan fingerprint density at radius 3 is 2.57 bits per heavy atom. The van der Waals surface area contributed by atoms with Crippen molar-refractivity contribution in [1.82, 2.24) is 0 Å². The van der Waals surface area contributed by atoms with Crippen LogP contribution >= 0.6 is 0 Å². The second-order valence-electron chi connectivity index (χ2n) is 4.98. The third-order valence-electron chi connectivity index (χ3n) is 3.57. The standard InChI is InChI=1S/C17H14FNO4/c1-2-22-17(13-7-9-14(18)10-8-13)16(19(20)21)11-12-5-3-4-6-15(12)23-17/h3-11H,2H2,1H3. The van der Waals surface area contributed by atoms with Crippen molar-refractivity contribution in [3.05, 3.63) is 81.3 Å². The molecule has 2 aromatic rings. The van der Waals surface area contributed by atoms with E-state index in [0.29, 0.717) is 16.9 Å². The number of ether oxygens (including phenoxy) is 2. The Hall–Kier alpha value is -2.73. The van der Waals surface area contributed by atoms with Crippen LogP contribution in [-0.4, -0.2) is 11.5 Å². The van der Waals surface area contributed by atoms with Crippen molar-refractivity contribution >= 4 is 6.08 Å². The Morgan fingerprint density at radius 1 is 1.22 bits per heavy atom. The van der Waals surface area contributed by atoms with E-state index in [0.717, 1.165) is 0 Å². The number of fused-ring (bicyclic) bond motifs is 1. The van der Waals surface area contributed by atoms with E-state index in [4.69, 9.17) is 9.47 Å². The van der Waals surface area contributed by atoms with Gasteiger partial charge in [-0.25, -0.2) is 4.39 Å². The molecule has 2 aromatic carbocycles. The number of halogens is 1. The molecular weight excluding hydrogens is 301 g/mol. The molecule has 0 aliphatic carbocycles. The van der Waals surface area contributed by atoms with Crippen LogP contribution in [0.5, 0.6) is 5.75 Å². The van der Waals surface area contributed by atoms with Gasteiger partial charge in [-0.15, -0.1) is 0 Å². The number of nitrogens with zero attached hydrogens (tertiary/aromatic N) is 1. The molecule has 23 heavy (non-hydrogen) atoms. The molecule has 0 spiro atoms. The molecule has 1 aliphatic heterocycles. The molecule has 0 bridgehead atoms. The first-order valence-corrected chi connectivity index (χ1v) is 7.11. The second-order valence-corrected chi connectivity index (χ2v) is 4.98. The molecule has 1 unspecified atom stereocenters. The van der Waals surface area contributed by atoms with Gasteiger partial charge in [0, 0.05) is 23.8 Å². The Bertz CT molecular complexity index is 772. The van der Waals surface area contributed by atoms with E-state index in [9.17, 15) is 14.5 Å². The van der Waals surface area contributed by atoms with Gasteiger partial charge in [-0.3, -0.25) is 10.1 Å². The van der Waals surface area contributed by atoms with Crippen LogP contribution in [0.1, 0.15) is 18.1 Å². The first-order chi connectivity index (χ1) is 11.1. The lowest BCUT2D eigenvalue weighted by Crippen LogP contribution is -2.42. The fourth-order valence-electron chi connectivity index (χ4n) is 2.58. The van der Waals surface area contributed by atoms with E-state index in [1.54, 1.807) is 31.2 Å². The van der Waals surface area contributed by atoms with Crippen molar-refractivity contribution in [2.75, 3.05) is 6.61 Å². The summed E-state index contributed by atoms with van der Waals surface area (Å²) in [6, 6.07) is 12.3. The van der Waals surface area contributed by atoms with E-state index < -0.39 is 16.5 Å². The topological polar surface area (TPSA) is 61.6 Å². The number of hydrogen-bond acceptors (Lipinski definition) is 4. The Morgan fingerprint density at radius 2 is 1.91 bits per heavy atom. The quantitative estimate of drug-likeness (QED) is 0.637. The highest BCUT2D eigenvalue weighted by molar-refractivity contribution is 5.63. The lowest BCUT2D eigenvalue weighted by molar-refractivity contribution is -0.461. The highest BCUT2D eigenvalue weighted by Gasteiger charge is 2.51. The van der Waals surface area contributed by atoms with Gasteiger partial charge in [-0.05, 0) is 37.3 Å². The smallest absolute Gasteiger partial charge is 0.330 e. The maximum absolute atomic E-state index is 13.2. The molecule has 0 saturated carbocycles. The van der Waals surface area contributed by atoms with Crippen molar-refractivity contribution in [2.24, 2.45) is 0 Å². The molecule has 6 heteroatoms. The SMILES string of the molecule is CCOC1(c2ccc(F)cc2)Oc2ccccc2C=C1[N+](=O)[O-]. The largest absolute Gasteiger partial charge is 0.448 e. The minimum Gasteiger partial charge on any atom is -0.448 e. The van der Waals surface area contributed by atoms with Gasteiger partial charge in [0.05, 0.1) is 4.92 Å². The lowest BCUT2D eigenvalue weighted by Gasteiger charge is -2.34. The van der Waals surface area contributed by atoms with Crippen LogP contribution < -0.4 is 4.74 Å². The third kappa shape index (κ3) is 2.57. The fraction of sp³-hybridized carbons (Fsp3) is 0.176. The molecule has 0 N–H and O–H groups in total. The zero-order chi connectivity index (χ0) is 16.4. The van der Waals surface area contributed by atoms with Gasteiger partial charge in [0.25, 0.3) is 0 Å². The van der Waals surface area contributed by atoms with Crippen LogP contribution in [0.3, 0.4) is 0 Å². The predicted octanol–water partition coefficient (Wildman–Crippen LogP) is 3.73. The van der Waals surface area contributed by atoms with Crippen LogP contribution in [0, 0.1) is 15.9 Å². The lowest BCUT2D eigenvalue weighted by atomic mass is 9.97.